The normalized spacial score (nSPS) is 9.33. The van der Waals surface area contributed by atoms with Crippen molar-refractivity contribution in [1.82, 2.24) is 4.90 Å². The van der Waals surface area contributed by atoms with Crippen LogP contribution < -0.4 is 0 Å². The summed E-state index contributed by atoms with van der Waals surface area (Å²) in [5, 5.41) is 17.2. The molecule has 7 nitrogen and oxygen atoms in total. The number of ether oxygens (including phenoxy) is 2. The summed E-state index contributed by atoms with van der Waals surface area (Å²) in [5.74, 6) is -0.979. The van der Waals surface area contributed by atoms with E-state index in [1.807, 2.05) is 0 Å². The Morgan fingerprint density at radius 2 is 1.52 bits per heavy atom. The lowest BCUT2D eigenvalue weighted by atomic mass is 10.3. The molecule has 0 spiro atoms. The zero-order valence-electron chi connectivity index (χ0n) is 12.0. The Morgan fingerprint density at radius 3 is 1.90 bits per heavy atom. The molecule has 0 saturated carbocycles. The molecule has 0 N–H and O–H groups in total. The van der Waals surface area contributed by atoms with E-state index in [-0.39, 0.29) is 31.9 Å². The highest BCUT2D eigenvalue weighted by Gasteiger charge is 2.12. The molecule has 0 amide bonds. The molecule has 0 aliphatic rings. The molecule has 0 aliphatic carbocycles. The summed E-state index contributed by atoms with van der Waals surface area (Å²) in [6, 6.07) is 3.39. The van der Waals surface area contributed by atoms with Crippen molar-refractivity contribution in [3.05, 3.63) is 23.9 Å². The van der Waals surface area contributed by atoms with Gasteiger partial charge < -0.3 is 14.4 Å². The molecule has 7 heteroatoms. The first-order chi connectivity index (χ1) is 10.1. The second kappa shape index (κ2) is 11.1. The predicted molar refractivity (Wildman–Crippen MR) is 73.3 cm³/mol. The van der Waals surface area contributed by atoms with Gasteiger partial charge in [-0.05, 0) is 26.0 Å². The van der Waals surface area contributed by atoms with E-state index < -0.39 is 11.9 Å². The van der Waals surface area contributed by atoms with Crippen molar-refractivity contribution in [1.29, 1.82) is 10.5 Å². The van der Waals surface area contributed by atoms with E-state index in [0.29, 0.717) is 0 Å². The first-order valence-electron chi connectivity index (χ1n) is 6.31. The van der Waals surface area contributed by atoms with E-state index in [1.165, 1.54) is 23.3 Å². The Kier molecular flexibility index (Phi) is 9.59. The fraction of sp³-hybridized carbons (Fsp3) is 0.429. The van der Waals surface area contributed by atoms with Crippen molar-refractivity contribution in [2.75, 3.05) is 26.3 Å². The molecule has 0 aromatic heterocycles. The molecule has 0 aliphatic heterocycles. The van der Waals surface area contributed by atoms with Crippen LogP contribution in [-0.4, -0.2) is 43.1 Å². The number of hydrogen-bond acceptors (Lipinski definition) is 7. The van der Waals surface area contributed by atoms with E-state index in [9.17, 15) is 9.59 Å². The van der Waals surface area contributed by atoms with E-state index in [2.05, 4.69) is 0 Å². The number of esters is 2. The lowest BCUT2D eigenvalue weighted by molar-refractivity contribution is -0.146. The quantitative estimate of drug-likeness (QED) is 0.372. The molecule has 0 bridgehead atoms. The minimum absolute atomic E-state index is 0.0848. The van der Waals surface area contributed by atoms with Crippen LogP contribution in [0.2, 0.25) is 0 Å². The van der Waals surface area contributed by atoms with Crippen molar-refractivity contribution < 1.29 is 19.1 Å². The predicted octanol–water partition coefficient (Wildman–Crippen LogP) is 0.902. The van der Waals surface area contributed by atoms with Crippen molar-refractivity contribution >= 4 is 11.9 Å². The Morgan fingerprint density at radius 1 is 1.05 bits per heavy atom. The molecule has 0 heterocycles. The minimum atomic E-state index is -0.490. The Hall–Kier alpha value is -2.80. The largest absolute Gasteiger partial charge is 0.465 e. The van der Waals surface area contributed by atoms with Gasteiger partial charge in [-0.2, -0.15) is 10.5 Å². The molecular weight excluding hydrogens is 274 g/mol. The summed E-state index contributed by atoms with van der Waals surface area (Å²) < 4.78 is 9.59. The summed E-state index contributed by atoms with van der Waals surface area (Å²) in [7, 11) is 0. The third-order valence-corrected chi connectivity index (χ3v) is 2.08. The molecule has 0 saturated heterocycles. The highest BCUT2D eigenvalue weighted by Crippen LogP contribution is 1.97. The van der Waals surface area contributed by atoms with Crippen LogP contribution in [0.3, 0.4) is 0 Å². The van der Waals surface area contributed by atoms with Crippen molar-refractivity contribution in [2.45, 2.75) is 13.8 Å². The van der Waals surface area contributed by atoms with E-state index in [0.717, 1.165) is 0 Å². The molecule has 0 radical (unpaired) electrons. The maximum absolute atomic E-state index is 11.4. The topological polar surface area (TPSA) is 103 Å². The van der Waals surface area contributed by atoms with Crippen LogP contribution in [0, 0.1) is 22.7 Å². The standard InChI is InChI=1S/C14H17N3O4/c1-3-20-13(18)10-17(11-14(19)21-4-2)7-5-6-12(8-15)9-16/h5-7H,3-4,10-11H2,1-2H3/b7-5+. The maximum Gasteiger partial charge on any atom is 0.325 e. The smallest absolute Gasteiger partial charge is 0.325 e. The Bertz CT molecular complexity index is 461. The minimum Gasteiger partial charge on any atom is -0.465 e. The lowest BCUT2D eigenvalue weighted by Gasteiger charge is -2.17. The van der Waals surface area contributed by atoms with Gasteiger partial charge in [0, 0.05) is 6.20 Å². The second-order valence-corrected chi connectivity index (χ2v) is 3.66. The molecule has 0 unspecified atom stereocenters. The lowest BCUT2D eigenvalue weighted by Crippen LogP contribution is -2.32. The van der Waals surface area contributed by atoms with Gasteiger partial charge >= 0.3 is 11.9 Å². The first-order valence-corrected chi connectivity index (χ1v) is 6.31. The molecule has 112 valence electrons. The highest BCUT2D eigenvalue weighted by molar-refractivity contribution is 5.75. The van der Waals surface area contributed by atoms with Gasteiger partial charge in [0.2, 0.25) is 0 Å². The SMILES string of the molecule is CCOC(=O)CN(/C=C/C=C(C#N)C#N)CC(=O)OCC. The van der Waals surface area contributed by atoms with Crippen molar-refractivity contribution in [3.63, 3.8) is 0 Å². The Labute approximate surface area is 123 Å². The monoisotopic (exact) mass is 291 g/mol. The zero-order valence-corrected chi connectivity index (χ0v) is 12.0. The van der Waals surface area contributed by atoms with Gasteiger partial charge in [0.15, 0.2) is 0 Å². The summed E-state index contributed by atoms with van der Waals surface area (Å²) in [5.41, 5.74) is -0.0848. The van der Waals surface area contributed by atoms with Crippen LogP contribution >= 0.6 is 0 Å². The van der Waals surface area contributed by atoms with Gasteiger partial charge in [0.1, 0.15) is 30.8 Å². The number of carbonyl (C=O) groups is 2. The van der Waals surface area contributed by atoms with Crippen LogP contribution in [0.5, 0.6) is 0 Å². The van der Waals surface area contributed by atoms with Crippen LogP contribution in [-0.2, 0) is 19.1 Å². The summed E-state index contributed by atoms with van der Waals surface area (Å²) in [4.78, 5) is 24.2. The van der Waals surface area contributed by atoms with Gasteiger partial charge in [-0.25, -0.2) is 0 Å². The summed E-state index contributed by atoms with van der Waals surface area (Å²) in [6.07, 6.45) is 4.10. The van der Waals surface area contributed by atoms with Gasteiger partial charge in [0.25, 0.3) is 0 Å². The summed E-state index contributed by atoms with van der Waals surface area (Å²) in [6.45, 7) is 3.57. The molecule has 0 fully saturated rings. The molecular formula is C14H17N3O4. The number of carbonyl (C=O) groups excluding carboxylic acids is 2. The van der Waals surface area contributed by atoms with Gasteiger partial charge in [-0.15, -0.1) is 0 Å². The van der Waals surface area contributed by atoms with Gasteiger partial charge in [-0.3, -0.25) is 9.59 Å². The third-order valence-electron chi connectivity index (χ3n) is 2.08. The van der Waals surface area contributed by atoms with Gasteiger partial charge in [-0.1, -0.05) is 0 Å². The first kappa shape index (κ1) is 18.2. The number of hydrogen-bond donors (Lipinski definition) is 0. The third kappa shape index (κ3) is 8.84. The molecule has 0 aromatic carbocycles. The van der Waals surface area contributed by atoms with Crippen LogP contribution in [0.4, 0.5) is 0 Å². The van der Waals surface area contributed by atoms with E-state index in [1.54, 1.807) is 26.0 Å². The van der Waals surface area contributed by atoms with Crippen LogP contribution in [0.15, 0.2) is 23.9 Å². The second-order valence-electron chi connectivity index (χ2n) is 3.66. The molecule has 0 rings (SSSR count). The average molecular weight is 291 g/mol. The molecule has 0 atom stereocenters. The van der Waals surface area contributed by atoms with Crippen LogP contribution in [0.25, 0.3) is 0 Å². The highest BCUT2D eigenvalue weighted by atomic mass is 16.5. The van der Waals surface area contributed by atoms with E-state index in [4.69, 9.17) is 20.0 Å². The van der Waals surface area contributed by atoms with Crippen molar-refractivity contribution in [3.8, 4) is 12.1 Å². The fourth-order valence-corrected chi connectivity index (χ4v) is 1.27. The maximum atomic E-state index is 11.4. The Balaban J connectivity index is 4.80. The van der Waals surface area contributed by atoms with Crippen LogP contribution in [0.1, 0.15) is 13.8 Å². The van der Waals surface area contributed by atoms with Crippen molar-refractivity contribution in [2.24, 2.45) is 0 Å². The molecule has 0 aromatic rings. The van der Waals surface area contributed by atoms with E-state index >= 15 is 0 Å². The fourth-order valence-electron chi connectivity index (χ4n) is 1.27. The number of nitrogens with zero attached hydrogens (tertiary/aromatic N) is 3. The number of nitriles is 2. The zero-order chi connectivity index (χ0) is 16.1. The number of rotatable bonds is 8. The molecule has 21 heavy (non-hydrogen) atoms. The van der Waals surface area contributed by atoms with Gasteiger partial charge in [0.05, 0.1) is 13.2 Å². The number of allylic oxidation sites excluding steroid dienone is 3. The summed E-state index contributed by atoms with van der Waals surface area (Å²) >= 11 is 0. The average Bonchev–Trinajstić information content (AvgIpc) is 2.44.